The minimum atomic E-state index is 0.227. The van der Waals surface area contributed by atoms with Crippen LogP contribution >= 0.6 is 15.9 Å². The third-order valence-electron chi connectivity index (χ3n) is 3.99. The molecule has 100 valence electrons. The highest BCUT2D eigenvalue weighted by Crippen LogP contribution is 2.27. The average Bonchev–Trinajstić information content (AvgIpc) is 2.55. The lowest BCUT2D eigenvalue weighted by atomic mass is 9.98. The standard InChI is InChI=1S/C15H23BrN2/c1-4-15(3)11-18(9-5-8-17-15)14-10-13(16)7-6-12(14)2/h6-7,10,17H,4-5,8-9,11H2,1-3H3. The minimum absolute atomic E-state index is 0.227. The molecule has 1 aromatic rings. The van der Waals surface area contributed by atoms with Gasteiger partial charge in [-0.25, -0.2) is 0 Å². The smallest absolute Gasteiger partial charge is 0.0407 e. The molecule has 1 aromatic carbocycles. The van der Waals surface area contributed by atoms with Gasteiger partial charge >= 0.3 is 0 Å². The zero-order chi connectivity index (χ0) is 13.2. The summed E-state index contributed by atoms with van der Waals surface area (Å²) >= 11 is 3.59. The Morgan fingerprint density at radius 1 is 1.44 bits per heavy atom. The van der Waals surface area contributed by atoms with E-state index in [0.717, 1.165) is 26.1 Å². The molecule has 0 amide bonds. The molecule has 0 aliphatic carbocycles. The molecule has 0 radical (unpaired) electrons. The number of rotatable bonds is 2. The zero-order valence-electron chi connectivity index (χ0n) is 11.6. The van der Waals surface area contributed by atoms with E-state index in [1.807, 2.05) is 0 Å². The monoisotopic (exact) mass is 310 g/mol. The Bertz CT molecular complexity index is 419. The molecule has 1 unspecified atom stereocenters. The van der Waals surface area contributed by atoms with Gasteiger partial charge in [0, 0.05) is 28.8 Å². The summed E-state index contributed by atoms with van der Waals surface area (Å²) in [5.74, 6) is 0. The number of nitrogens with zero attached hydrogens (tertiary/aromatic N) is 1. The third kappa shape index (κ3) is 3.07. The van der Waals surface area contributed by atoms with Gasteiger partial charge in [-0.05, 0) is 50.9 Å². The minimum Gasteiger partial charge on any atom is -0.369 e. The third-order valence-corrected chi connectivity index (χ3v) is 4.48. The van der Waals surface area contributed by atoms with Crippen molar-refractivity contribution >= 4 is 21.6 Å². The van der Waals surface area contributed by atoms with Crippen molar-refractivity contribution in [2.75, 3.05) is 24.5 Å². The van der Waals surface area contributed by atoms with Crippen LogP contribution in [-0.4, -0.2) is 25.2 Å². The maximum atomic E-state index is 3.69. The van der Waals surface area contributed by atoms with Crippen LogP contribution in [0.3, 0.4) is 0 Å². The largest absolute Gasteiger partial charge is 0.369 e. The normalized spacial score (nSPS) is 25.0. The number of nitrogens with one attached hydrogen (secondary N) is 1. The van der Waals surface area contributed by atoms with Crippen molar-refractivity contribution in [3.8, 4) is 0 Å². The second-order valence-corrected chi connectivity index (χ2v) is 6.46. The Morgan fingerprint density at radius 3 is 2.94 bits per heavy atom. The van der Waals surface area contributed by atoms with Crippen LogP contribution in [0.2, 0.25) is 0 Å². The summed E-state index contributed by atoms with van der Waals surface area (Å²) in [4.78, 5) is 2.53. The number of halogens is 1. The average molecular weight is 311 g/mol. The van der Waals surface area contributed by atoms with Crippen molar-refractivity contribution in [1.82, 2.24) is 5.32 Å². The lowest BCUT2D eigenvalue weighted by molar-refractivity contribution is 0.366. The van der Waals surface area contributed by atoms with E-state index >= 15 is 0 Å². The number of hydrogen-bond acceptors (Lipinski definition) is 2. The molecule has 1 N–H and O–H groups in total. The molecule has 1 aliphatic heterocycles. The lowest BCUT2D eigenvalue weighted by Gasteiger charge is -2.34. The molecule has 0 bridgehead atoms. The van der Waals surface area contributed by atoms with Crippen LogP contribution in [0, 0.1) is 6.92 Å². The summed E-state index contributed by atoms with van der Waals surface area (Å²) in [7, 11) is 0. The maximum absolute atomic E-state index is 3.69. The fraction of sp³-hybridized carbons (Fsp3) is 0.600. The molecule has 2 rings (SSSR count). The molecule has 1 saturated heterocycles. The fourth-order valence-electron chi connectivity index (χ4n) is 2.58. The van der Waals surface area contributed by atoms with Gasteiger partial charge in [0.25, 0.3) is 0 Å². The Morgan fingerprint density at radius 2 is 2.22 bits per heavy atom. The first-order chi connectivity index (χ1) is 8.54. The zero-order valence-corrected chi connectivity index (χ0v) is 13.2. The number of benzene rings is 1. The predicted octanol–water partition coefficient (Wildman–Crippen LogP) is 3.73. The highest BCUT2D eigenvalue weighted by molar-refractivity contribution is 9.10. The summed E-state index contributed by atoms with van der Waals surface area (Å²) < 4.78 is 1.17. The van der Waals surface area contributed by atoms with E-state index in [1.165, 1.54) is 22.1 Å². The van der Waals surface area contributed by atoms with E-state index in [1.54, 1.807) is 0 Å². The summed E-state index contributed by atoms with van der Waals surface area (Å²) in [6.07, 6.45) is 2.37. The van der Waals surface area contributed by atoms with Crippen molar-refractivity contribution in [3.05, 3.63) is 28.2 Å². The van der Waals surface area contributed by atoms with Gasteiger partial charge in [0.05, 0.1) is 0 Å². The number of anilines is 1. The first kappa shape index (κ1) is 13.9. The molecule has 3 heteroatoms. The van der Waals surface area contributed by atoms with Crippen LogP contribution in [0.25, 0.3) is 0 Å². The second kappa shape index (κ2) is 5.62. The Hall–Kier alpha value is -0.540. The van der Waals surface area contributed by atoms with E-state index in [4.69, 9.17) is 0 Å². The van der Waals surface area contributed by atoms with Gasteiger partial charge in [-0.1, -0.05) is 28.9 Å². The molecule has 1 atom stereocenters. The summed E-state index contributed by atoms with van der Waals surface area (Å²) in [5, 5.41) is 3.69. The van der Waals surface area contributed by atoms with Gasteiger partial charge in [0.15, 0.2) is 0 Å². The van der Waals surface area contributed by atoms with E-state index < -0.39 is 0 Å². The van der Waals surface area contributed by atoms with Gasteiger partial charge in [-0.2, -0.15) is 0 Å². The van der Waals surface area contributed by atoms with Gasteiger partial charge in [-0.15, -0.1) is 0 Å². The van der Waals surface area contributed by atoms with Gasteiger partial charge in [-0.3, -0.25) is 0 Å². The highest BCUT2D eigenvalue weighted by Gasteiger charge is 2.27. The SMILES string of the molecule is CCC1(C)CN(c2cc(Br)ccc2C)CCCN1. The van der Waals surface area contributed by atoms with Gasteiger partial charge in [0.1, 0.15) is 0 Å². The molecule has 0 aromatic heterocycles. The summed E-state index contributed by atoms with van der Waals surface area (Å²) in [5.41, 5.74) is 2.96. The molecule has 2 nitrogen and oxygen atoms in total. The number of aryl methyl sites for hydroxylation is 1. The van der Waals surface area contributed by atoms with Crippen molar-refractivity contribution in [1.29, 1.82) is 0 Å². The molecule has 1 fully saturated rings. The maximum Gasteiger partial charge on any atom is 0.0407 e. The predicted molar refractivity (Wildman–Crippen MR) is 82.4 cm³/mol. The Balaban J connectivity index is 2.28. The van der Waals surface area contributed by atoms with Crippen LogP contribution in [0.5, 0.6) is 0 Å². The van der Waals surface area contributed by atoms with E-state index in [-0.39, 0.29) is 5.54 Å². The van der Waals surface area contributed by atoms with E-state index in [0.29, 0.717) is 0 Å². The van der Waals surface area contributed by atoms with Crippen molar-refractivity contribution in [2.24, 2.45) is 0 Å². The first-order valence-corrected chi connectivity index (χ1v) is 7.59. The topological polar surface area (TPSA) is 15.3 Å². The summed E-state index contributed by atoms with van der Waals surface area (Å²) in [6, 6.07) is 6.56. The van der Waals surface area contributed by atoms with Crippen molar-refractivity contribution < 1.29 is 0 Å². The number of hydrogen-bond donors (Lipinski definition) is 1. The first-order valence-electron chi connectivity index (χ1n) is 6.80. The molecular formula is C15H23BrN2. The van der Waals surface area contributed by atoms with Gasteiger partial charge < -0.3 is 10.2 Å². The van der Waals surface area contributed by atoms with Gasteiger partial charge in [0.2, 0.25) is 0 Å². The molecule has 1 aliphatic rings. The lowest BCUT2D eigenvalue weighted by Crippen LogP contribution is -2.48. The van der Waals surface area contributed by atoms with Crippen LogP contribution in [-0.2, 0) is 0 Å². The Kier molecular flexibility index (Phi) is 4.33. The van der Waals surface area contributed by atoms with Crippen LogP contribution in [0.1, 0.15) is 32.3 Å². The van der Waals surface area contributed by atoms with Crippen LogP contribution < -0.4 is 10.2 Å². The van der Waals surface area contributed by atoms with Crippen molar-refractivity contribution in [3.63, 3.8) is 0 Å². The molecule has 0 spiro atoms. The highest BCUT2D eigenvalue weighted by atomic mass is 79.9. The van der Waals surface area contributed by atoms with Crippen LogP contribution in [0.15, 0.2) is 22.7 Å². The van der Waals surface area contributed by atoms with E-state index in [2.05, 4.69) is 65.1 Å². The molecule has 18 heavy (non-hydrogen) atoms. The molecule has 1 heterocycles. The molecule has 0 saturated carbocycles. The summed E-state index contributed by atoms with van der Waals surface area (Å²) in [6.45, 7) is 10.1. The quantitative estimate of drug-likeness (QED) is 0.895. The van der Waals surface area contributed by atoms with Crippen LogP contribution in [0.4, 0.5) is 5.69 Å². The van der Waals surface area contributed by atoms with Crippen molar-refractivity contribution in [2.45, 2.75) is 39.2 Å². The fourth-order valence-corrected chi connectivity index (χ4v) is 2.93. The van der Waals surface area contributed by atoms with E-state index in [9.17, 15) is 0 Å². The molecular weight excluding hydrogens is 288 g/mol. The second-order valence-electron chi connectivity index (χ2n) is 5.55. The Labute approximate surface area is 119 Å².